The smallest absolute Gasteiger partial charge is 0.339 e. The van der Waals surface area contributed by atoms with Crippen molar-refractivity contribution in [3.05, 3.63) is 45.0 Å². The fraction of sp³-hybridized carbons (Fsp3) is 0.308. The van der Waals surface area contributed by atoms with Gasteiger partial charge in [0.25, 0.3) is 5.69 Å². The zero-order valence-electron chi connectivity index (χ0n) is 12.7. The number of nitrogens with zero attached hydrogens (tertiary/aromatic N) is 5. The second-order valence-corrected chi connectivity index (χ2v) is 5.13. The number of hydrogen-bond acceptors (Lipinski definition) is 7. The van der Waals surface area contributed by atoms with Crippen molar-refractivity contribution in [3.8, 4) is 0 Å². The van der Waals surface area contributed by atoms with Crippen LogP contribution >= 0.6 is 11.6 Å². The number of carbonyl (C=O) groups is 1. The molecule has 0 fully saturated rings. The Morgan fingerprint density at radius 2 is 2.22 bits per heavy atom. The van der Waals surface area contributed by atoms with Crippen LogP contribution in [0.25, 0.3) is 0 Å². The maximum atomic E-state index is 11.6. The van der Waals surface area contributed by atoms with Crippen LogP contribution in [0.1, 0.15) is 16.2 Å². The maximum absolute atomic E-state index is 11.6. The van der Waals surface area contributed by atoms with Crippen molar-refractivity contribution in [3.63, 3.8) is 0 Å². The van der Waals surface area contributed by atoms with Gasteiger partial charge in [-0.05, 0) is 6.07 Å². The lowest BCUT2D eigenvalue weighted by molar-refractivity contribution is -0.384. The number of carbonyl (C=O) groups excluding carboxylic acids is 1. The largest absolute Gasteiger partial charge is 0.465 e. The third-order valence-electron chi connectivity index (χ3n) is 3.26. The number of methoxy groups -OCH3 is 1. The standard InChI is InChI=1S/C13H14ClN5O4/c1-17(6-12-15-7-16-18(12)2)10-5-9(14)8(13(20)23-3)4-11(10)19(21)22/h4-5,7H,6H2,1-3H3. The number of aryl methyl sites for hydroxylation is 1. The number of hydrogen-bond donors (Lipinski definition) is 0. The fourth-order valence-electron chi connectivity index (χ4n) is 2.03. The minimum absolute atomic E-state index is 0.0586. The Bertz CT molecular complexity index is 761. The quantitative estimate of drug-likeness (QED) is 0.464. The van der Waals surface area contributed by atoms with Crippen LogP contribution in [0.3, 0.4) is 0 Å². The first-order valence-corrected chi connectivity index (χ1v) is 6.83. The minimum Gasteiger partial charge on any atom is -0.465 e. The molecule has 0 unspecified atom stereocenters. The summed E-state index contributed by atoms with van der Waals surface area (Å²) in [5, 5.41) is 15.3. The molecular formula is C13H14ClN5O4. The van der Waals surface area contributed by atoms with E-state index in [-0.39, 0.29) is 28.5 Å². The highest BCUT2D eigenvalue weighted by Crippen LogP contribution is 2.34. The van der Waals surface area contributed by atoms with Gasteiger partial charge in [-0.15, -0.1) is 0 Å². The van der Waals surface area contributed by atoms with Gasteiger partial charge in [-0.1, -0.05) is 11.6 Å². The van der Waals surface area contributed by atoms with Crippen LogP contribution in [0.4, 0.5) is 11.4 Å². The number of nitro groups is 1. The molecular weight excluding hydrogens is 326 g/mol. The van der Waals surface area contributed by atoms with Gasteiger partial charge in [-0.25, -0.2) is 9.78 Å². The molecule has 2 rings (SSSR count). The summed E-state index contributed by atoms with van der Waals surface area (Å²) in [6, 6.07) is 2.47. The molecule has 0 aliphatic heterocycles. The van der Waals surface area contributed by atoms with Crippen LogP contribution in [-0.4, -0.2) is 39.8 Å². The van der Waals surface area contributed by atoms with Crippen molar-refractivity contribution in [2.24, 2.45) is 7.05 Å². The molecule has 0 spiro atoms. The van der Waals surface area contributed by atoms with Crippen molar-refractivity contribution in [2.75, 3.05) is 19.1 Å². The number of anilines is 1. The lowest BCUT2D eigenvalue weighted by atomic mass is 10.1. The van der Waals surface area contributed by atoms with Crippen molar-refractivity contribution in [2.45, 2.75) is 6.54 Å². The molecule has 0 bridgehead atoms. The summed E-state index contributed by atoms with van der Waals surface area (Å²) >= 11 is 6.05. The topological polar surface area (TPSA) is 103 Å². The summed E-state index contributed by atoms with van der Waals surface area (Å²) in [6.07, 6.45) is 1.39. The Morgan fingerprint density at radius 1 is 1.52 bits per heavy atom. The monoisotopic (exact) mass is 339 g/mol. The molecule has 23 heavy (non-hydrogen) atoms. The van der Waals surface area contributed by atoms with Crippen LogP contribution in [0.15, 0.2) is 18.5 Å². The third kappa shape index (κ3) is 3.39. The Hall–Kier alpha value is -2.68. The number of halogens is 1. The first kappa shape index (κ1) is 16.7. The molecule has 0 amide bonds. The summed E-state index contributed by atoms with van der Waals surface area (Å²) in [6.45, 7) is 0.283. The molecule has 122 valence electrons. The van der Waals surface area contributed by atoms with Crippen molar-refractivity contribution in [1.82, 2.24) is 14.8 Å². The Kier molecular flexibility index (Phi) is 4.80. The minimum atomic E-state index is -0.736. The molecule has 1 aromatic carbocycles. The van der Waals surface area contributed by atoms with E-state index in [1.165, 1.54) is 19.5 Å². The molecule has 0 saturated heterocycles. The normalized spacial score (nSPS) is 10.4. The lowest BCUT2D eigenvalue weighted by Gasteiger charge is -2.19. The van der Waals surface area contributed by atoms with E-state index < -0.39 is 10.9 Å². The summed E-state index contributed by atoms with van der Waals surface area (Å²) in [7, 11) is 4.56. The summed E-state index contributed by atoms with van der Waals surface area (Å²) in [4.78, 5) is 28.0. The van der Waals surface area contributed by atoms with Gasteiger partial charge in [-0.2, -0.15) is 5.10 Å². The van der Waals surface area contributed by atoms with Crippen molar-refractivity contribution in [1.29, 1.82) is 0 Å². The summed E-state index contributed by atoms with van der Waals surface area (Å²) in [5.41, 5.74) is -0.0493. The SMILES string of the molecule is COC(=O)c1cc([N+](=O)[O-])c(N(C)Cc2ncnn2C)cc1Cl. The van der Waals surface area contributed by atoms with E-state index in [0.29, 0.717) is 5.82 Å². The zero-order chi connectivity index (χ0) is 17.1. The molecule has 9 nitrogen and oxygen atoms in total. The number of benzene rings is 1. The third-order valence-corrected chi connectivity index (χ3v) is 3.57. The summed E-state index contributed by atoms with van der Waals surface area (Å²) < 4.78 is 6.13. The molecule has 1 aromatic heterocycles. The van der Waals surface area contributed by atoms with E-state index in [2.05, 4.69) is 14.8 Å². The van der Waals surface area contributed by atoms with E-state index >= 15 is 0 Å². The average molecular weight is 340 g/mol. The van der Waals surface area contributed by atoms with Gasteiger partial charge < -0.3 is 9.64 Å². The molecule has 0 aliphatic rings. The Labute approximate surface area is 136 Å². The number of ether oxygens (including phenoxy) is 1. The van der Waals surface area contributed by atoms with Gasteiger partial charge in [-0.3, -0.25) is 14.8 Å². The first-order valence-electron chi connectivity index (χ1n) is 6.45. The number of rotatable bonds is 5. The van der Waals surface area contributed by atoms with Crippen LogP contribution in [0.5, 0.6) is 0 Å². The van der Waals surface area contributed by atoms with Crippen LogP contribution < -0.4 is 4.90 Å². The highest BCUT2D eigenvalue weighted by atomic mass is 35.5. The van der Waals surface area contributed by atoms with E-state index in [9.17, 15) is 14.9 Å². The van der Waals surface area contributed by atoms with Gasteiger partial charge in [0.15, 0.2) is 0 Å². The summed E-state index contributed by atoms with van der Waals surface area (Å²) in [5.74, 6) is -0.115. The van der Waals surface area contributed by atoms with Crippen LogP contribution in [-0.2, 0) is 18.3 Å². The second-order valence-electron chi connectivity index (χ2n) is 4.73. The Balaban J connectivity index is 2.44. The zero-order valence-corrected chi connectivity index (χ0v) is 13.4. The number of nitro benzene ring substituents is 1. The molecule has 1 heterocycles. The molecule has 2 aromatic rings. The van der Waals surface area contributed by atoms with Gasteiger partial charge in [0.1, 0.15) is 17.8 Å². The first-order chi connectivity index (χ1) is 10.8. The van der Waals surface area contributed by atoms with Crippen molar-refractivity contribution >= 4 is 28.9 Å². The predicted octanol–water partition coefficient (Wildman–Crippen LogP) is 1.80. The van der Waals surface area contributed by atoms with E-state index in [4.69, 9.17) is 11.6 Å². The molecule has 0 N–H and O–H groups in total. The average Bonchev–Trinajstić information content (AvgIpc) is 2.91. The fourth-order valence-corrected chi connectivity index (χ4v) is 2.27. The second kappa shape index (κ2) is 6.61. The Morgan fingerprint density at radius 3 is 2.74 bits per heavy atom. The predicted molar refractivity (Wildman–Crippen MR) is 82.6 cm³/mol. The van der Waals surface area contributed by atoms with E-state index in [1.54, 1.807) is 23.7 Å². The molecule has 10 heteroatoms. The molecule has 0 saturated carbocycles. The highest BCUT2D eigenvalue weighted by Gasteiger charge is 2.24. The van der Waals surface area contributed by atoms with Crippen LogP contribution in [0, 0.1) is 10.1 Å². The lowest BCUT2D eigenvalue weighted by Crippen LogP contribution is -2.21. The van der Waals surface area contributed by atoms with Crippen LogP contribution in [0.2, 0.25) is 5.02 Å². The molecule has 0 aliphatic carbocycles. The van der Waals surface area contributed by atoms with E-state index in [1.807, 2.05) is 0 Å². The molecule has 0 radical (unpaired) electrons. The maximum Gasteiger partial charge on any atom is 0.339 e. The van der Waals surface area contributed by atoms with E-state index in [0.717, 1.165) is 6.07 Å². The number of aromatic nitrogens is 3. The number of esters is 1. The van der Waals surface area contributed by atoms with Crippen molar-refractivity contribution < 1.29 is 14.5 Å². The van der Waals surface area contributed by atoms with Gasteiger partial charge in [0.2, 0.25) is 0 Å². The highest BCUT2D eigenvalue weighted by molar-refractivity contribution is 6.34. The molecule has 0 atom stereocenters. The van der Waals surface area contributed by atoms with Gasteiger partial charge >= 0.3 is 5.97 Å². The van der Waals surface area contributed by atoms with Gasteiger partial charge in [0.05, 0.1) is 29.2 Å². The van der Waals surface area contributed by atoms with Gasteiger partial charge in [0, 0.05) is 20.2 Å².